The van der Waals surface area contributed by atoms with E-state index in [4.69, 9.17) is 27.9 Å². The summed E-state index contributed by atoms with van der Waals surface area (Å²) in [6, 6.07) is 13.7. The van der Waals surface area contributed by atoms with Crippen molar-refractivity contribution < 1.29 is 32.6 Å². The van der Waals surface area contributed by atoms with Crippen LogP contribution < -0.4 is 10.1 Å². The van der Waals surface area contributed by atoms with Gasteiger partial charge in [0.1, 0.15) is 16.4 Å². The first-order chi connectivity index (χ1) is 15.6. The number of halogens is 2. The zero-order valence-corrected chi connectivity index (χ0v) is 19.4. The number of ether oxygens (including phenoxy) is 2. The quantitative estimate of drug-likeness (QED) is 0.360. The van der Waals surface area contributed by atoms with Gasteiger partial charge in [-0.25, -0.2) is 13.2 Å². The first-order valence-electron chi connectivity index (χ1n) is 9.41. The van der Waals surface area contributed by atoms with Crippen molar-refractivity contribution in [2.45, 2.75) is 16.7 Å². The number of phenolic OH excluding ortho intramolecular Hbond substituents is 1. The van der Waals surface area contributed by atoms with Crippen molar-refractivity contribution in [1.29, 1.82) is 0 Å². The highest BCUT2D eigenvalue weighted by Gasteiger charge is 2.25. The number of hydrogen-bond acceptors (Lipinski definition) is 7. The molecule has 0 fully saturated rings. The van der Waals surface area contributed by atoms with Crippen molar-refractivity contribution in [2.75, 3.05) is 11.9 Å². The zero-order chi connectivity index (χ0) is 24.2. The summed E-state index contributed by atoms with van der Waals surface area (Å²) in [6.45, 7) is 1.59. The van der Waals surface area contributed by atoms with Gasteiger partial charge in [0.15, 0.2) is 5.75 Å². The van der Waals surface area contributed by atoms with E-state index >= 15 is 0 Å². The zero-order valence-electron chi connectivity index (χ0n) is 17.0. The lowest BCUT2D eigenvalue weighted by Gasteiger charge is -2.15. The highest BCUT2D eigenvalue weighted by molar-refractivity contribution is 7.91. The van der Waals surface area contributed by atoms with Gasteiger partial charge in [-0.2, -0.15) is 0 Å². The Balaban J connectivity index is 1.96. The van der Waals surface area contributed by atoms with E-state index in [1.54, 1.807) is 25.1 Å². The normalized spacial score (nSPS) is 11.0. The predicted octanol–water partition coefficient (Wildman–Crippen LogP) is 4.83. The minimum Gasteiger partial charge on any atom is -0.508 e. The molecule has 0 aromatic heterocycles. The molecule has 0 unspecified atom stereocenters. The fraction of sp³-hybridized carbons (Fsp3) is 0.0909. The Kier molecular flexibility index (Phi) is 7.47. The predicted molar refractivity (Wildman–Crippen MR) is 122 cm³/mol. The van der Waals surface area contributed by atoms with E-state index in [0.29, 0.717) is 0 Å². The fourth-order valence-electron chi connectivity index (χ4n) is 2.74. The largest absolute Gasteiger partial charge is 0.508 e. The topological polar surface area (TPSA) is 119 Å². The van der Waals surface area contributed by atoms with Crippen LogP contribution in [0, 0.1) is 0 Å². The maximum atomic E-state index is 13.1. The van der Waals surface area contributed by atoms with Crippen LogP contribution in [0.4, 0.5) is 5.69 Å². The smallest absolute Gasteiger partial charge is 0.397 e. The second-order valence-corrected chi connectivity index (χ2v) is 9.23. The Bertz CT molecular complexity index is 1290. The summed E-state index contributed by atoms with van der Waals surface area (Å²) in [5.74, 6) is -2.62. The average Bonchev–Trinajstić information content (AvgIpc) is 2.77. The molecule has 8 nitrogen and oxygen atoms in total. The number of carbonyl (C=O) groups excluding carboxylic acids is 2. The molecule has 3 aromatic rings. The standard InChI is InChI=1S/C22H17Cl2NO7S/c1-2-31-22(28)21(27)25-13-10-16(23)20(17(24)11-13)32-18-9-8-14(26)12-19(18)33(29,30)15-6-4-3-5-7-15/h3-12,26H,2H2,1H3,(H,25,27). The Morgan fingerprint density at radius 1 is 1.00 bits per heavy atom. The Morgan fingerprint density at radius 3 is 2.24 bits per heavy atom. The lowest BCUT2D eigenvalue weighted by Crippen LogP contribution is -2.24. The van der Waals surface area contributed by atoms with Crippen LogP contribution in [0.3, 0.4) is 0 Å². The summed E-state index contributed by atoms with van der Waals surface area (Å²) in [6.07, 6.45) is 0. The second-order valence-electron chi connectivity index (χ2n) is 6.49. The Morgan fingerprint density at radius 2 is 1.64 bits per heavy atom. The highest BCUT2D eigenvalue weighted by atomic mass is 35.5. The maximum absolute atomic E-state index is 13.1. The molecular formula is C22H17Cl2NO7S. The number of esters is 1. The number of nitrogens with one attached hydrogen (secondary N) is 1. The fourth-order valence-corrected chi connectivity index (χ4v) is 4.72. The van der Waals surface area contributed by atoms with E-state index in [1.807, 2.05) is 0 Å². The molecule has 0 saturated heterocycles. The third kappa shape index (κ3) is 5.57. The molecule has 0 aliphatic rings. The van der Waals surface area contributed by atoms with Crippen LogP contribution in [0.1, 0.15) is 6.92 Å². The van der Waals surface area contributed by atoms with Gasteiger partial charge >= 0.3 is 11.9 Å². The lowest BCUT2D eigenvalue weighted by atomic mass is 10.2. The molecule has 0 aliphatic carbocycles. The molecule has 0 atom stereocenters. The molecule has 1 amide bonds. The number of amides is 1. The number of aromatic hydroxyl groups is 1. The van der Waals surface area contributed by atoms with Crippen LogP contribution in [0.2, 0.25) is 10.0 Å². The summed E-state index contributed by atoms with van der Waals surface area (Å²) < 4.78 is 36.6. The van der Waals surface area contributed by atoms with Crippen LogP contribution in [0.5, 0.6) is 17.2 Å². The molecule has 0 bridgehead atoms. The lowest BCUT2D eigenvalue weighted by molar-refractivity contribution is -0.152. The molecule has 33 heavy (non-hydrogen) atoms. The summed E-state index contributed by atoms with van der Waals surface area (Å²) in [4.78, 5) is 23.0. The molecular weight excluding hydrogens is 493 g/mol. The minimum absolute atomic E-state index is 0.00494. The number of carbonyl (C=O) groups is 2. The molecule has 172 valence electrons. The molecule has 0 saturated carbocycles. The van der Waals surface area contributed by atoms with Gasteiger partial charge in [0.05, 0.1) is 21.5 Å². The number of rotatable bonds is 6. The number of anilines is 1. The second kappa shape index (κ2) is 10.1. The van der Waals surface area contributed by atoms with E-state index in [1.165, 1.54) is 36.4 Å². The Labute approximate surface area is 199 Å². The van der Waals surface area contributed by atoms with Gasteiger partial charge in [-0.3, -0.25) is 4.79 Å². The molecule has 11 heteroatoms. The van der Waals surface area contributed by atoms with Crippen LogP contribution in [-0.2, 0) is 24.2 Å². The SMILES string of the molecule is CCOC(=O)C(=O)Nc1cc(Cl)c(Oc2ccc(O)cc2S(=O)(=O)c2ccccc2)c(Cl)c1. The van der Waals surface area contributed by atoms with Crippen molar-refractivity contribution in [3.63, 3.8) is 0 Å². The van der Waals surface area contributed by atoms with E-state index in [2.05, 4.69) is 10.1 Å². The number of phenols is 1. The molecule has 0 heterocycles. The minimum atomic E-state index is -4.06. The van der Waals surface area contributed by atoms with Crippen molar-refractivity contribution in [3.05, 3.63) is 70.7 Å². The average molecular weight is 510 g/mol. The van der Waals surface area contributed by atoms with Gasteiger partial charge in [0.25, 0.3) is 0 Å². The van der Waals surface area contributed by atoms with E-state index < -0.39 is 21.7 Å². The van der Waals surface area contributed by atoms with E-state index in [9.17, 15) is 23.1 Å². The number of hydrogen-bond donors (Lipinski definition) is 2. The third-order valence-electron chi connectivity index (χ3n) is 4.20. The first kappa shape index (κ1) is 24.4. The summed E-state index contributed by atoms with van der Waals surface area (Å²) in [5, 5.41) is 12.0. The maximum Gasteiger partial charge on any atom is 0.397 e. The van der Waals surface area contributed by atoms with Crippen LogP contribution in [0.15, 0.2) is 70.5 Å². The molecule has 0 aliphatic heterocycles. The molecule has 2 N–H and O–H groups in total. The first-order valence-corrected chi connectivity index (χ1v) is 11.7. The van der Waals surface area contributed by atoms with Crippen LogP contribution in [-0.4, -0.2) is 32.0 Å². The number of benzene rings is 3. The summed E-state index contributed by atoms with van der Waals surface area (Å²) in [7, 11) is -4.06. The van der Waals surface area contributed by atoms with Crippen molar-refractivity contribution >= 4 is 50.6 Å². The summed E-state index contributed by atoms with van der Waals surface area (Å²) in [5.41, 5.74) is 0.0956. The van der Waals surface area contributed by atoms with Crippen molar-refractivity contribution in [2.24, 2.45) is 0 Å². The Hall–Kier alpha value is -3.27. The van der Waals surface area contributed by atoms with Gasteiger partial charge in [0, 0.05) is 11.8 Å². The summed E-state index contributed by atoms with van der Waals surface area (Å²) >= 11 is 12.5. The van der Waals surface area contributed by atoms with Gasteiger partial charge in [0.2, 0.25) is 9.84 Å². The molecule has 3 rings (SSSR count). The third-order valence-corrected chi connectivity index (χ3v) is 6.55. The highest BCUT2D eigenvalue weighted by Crippen LogP contribution is 2.42. The molecule has 0 spiro atoms. The van der Waals surface area contributed by atoms with Gasteiger partial charge in [-0.1, -0.05) is 41.4 Å². The van der Waals surface area contributed by atoms with Crippen molar-refractivity contribution in [3.8, 4) is 17.2 Å². The molecule has 3 aromatic carbocycles. The number of sulfone groups is 1. The van der Waals surface area contributed by atoms with Gasteiger partial charge in [-0.05, 0) is 43.3 Å². The van der Waals surface area contributed by atoms with Gasteiger partial charge < -0.3 is 19.9 Å². The van der Waals surface area contributed by atoms with Gasteiger partial charge in [-0.15, -0.1) is 0 Å². The van der Waals surface area contributed by atoms with Crippen LogP contribution in [0.25, 0.3) is 0 Å². The van der Waals surface area contributed by atoms with Crippen LogP contribution >= 0.6 is 23.2 Å². The van der Waals surface area contributed by atoms with Crippen molar-refractivity contribution in [1.82, 2.24) is 0 Å². The molecule has 0 radical (unpaired) electrons. The van der Waals surface area contributed by atoms with E-state index in [-0.39, 0.29) is 49.4 Å². The van der Waals surface area contributed by atoms with E-state index in [0.717, 1.165) is 6.07 Å². The monoisotopic (exact) mass is 509 g/mol.